The van der Waals surface area contributed by atoms with Gasteiger partial charge < -0.3 is 10.0 Å². The smallest absolute Gasteiger partial charge is 0.230 e. The first-order chi connectivity index (χ1) is 10.3. The number of nitrogens with zero attached hydrogens (tertiary/aromatic N) is 4. The molecular formula is C14H15N5O2. The van der Waals surface area contributed by atoms with Gasteiger partial charge in [0.05, 0.1) is 5.69 Å². The van der Waals surface area contributed by atoms with Crippen molar-refractivity contribution in [2.75, 3.05) is 11.4 Å². The van der Waals surface area contributed by atoms with Crippen LogP contribution in [-0.4, -0.2) is 38.2 Å². The molecule has 2 atom stereocenters. The van der Waals surface area contributed by atoms with Gasteiger partial charge in [-0.25, -0.2) is 0 Å². The summed E-state index contributed by atoms with van der Waals surface area (Å²) >= 11 is 0. The Morgan fingerprint density at radius 3 is 3.14 bits per heavy atom. The number of carbonyl (C=O) groups is 1. The lowest BCUT2D eigenvalue weighted by Crippen LogP contribution is -2.36. The molecule has 1 aliphatic heterocycles. The van der Waals surface area contributed by atoms with Crippen LogP contribution >= 0.6 is 0 Å². The van der Waals surface area contributed by atoms with Gasteiger partial charge in [0.1, 0.15) is 5.75 Å². The van der Waals surface area contributed by atoms with Crippen molar-refractivity contribution >= 4 is 11.6 Å². The lowest BCUT2D eigenvalue weighted by Gasteiger charge is -2.30. The maximum Gasteiger partial charge on any atom is 0.230 e. The molecule has 0 unspecified atom stereocenters. The number of amides is 1. The number of nitrogens with one attached hydrogen (secondary N) is 1. The number of fused-ring (bicyclic) bond motifs is 1. The van der Waals surface area contributed by atoms with Gasteiger partial charge >= 0.3 is 0 Å². The molecule has 0 saturated heterocycles. The number of aromatic hydroxyl groups is 1. The van der Waals surface area contributed by atoms with Gasteiger partial charge in [-0.05, 0) is 31.4 Å². The third-order valence-corrected chi connectivity index (χ3v) is 4.29. The molecule has 1 saturated carbocycles. The molecule has 1 fully saturated rings. The normalized spacial score (nSPS) is 23.7. The molecule has 4 rings (SSSR count). The maximum atomic E-state index is 12.7. The Labute approximate surface area is 121 Å². The molecule has 7 nitrogen and oxygen atoms in total. The predicted octanol–water partition coefficient (Wildman–Crippen LogP) is 0.988. The molecule has 1 aromatic heterocycles. The van der Waals surface area contributed by atoms with E-state index in [1.807, 2.05) is 6.07 Å². The van der Waals surface area contributed by atoms with Crippen LogP contribution in [0.5, 0.6) is 5.75 Å². The van der Waals surface area contributed by atoms with E-state index in [0.717, 1.165) is 30.5 Å². The molecule has 1 aromatic carbocycles. The largest absolute Gasteiger partial charge is 0.508 e. The number of phenols is 1. The quantitative estimate of drug-likeness (QED) is 0.858. The Morgan fingerprint density at radius 1 is 1.43 bits per heavy atom. The standard InChI is InChI=1S/C14H15N5O2/c20-12-5-1-4-11-8(12)3-2-6-19(11)14(21)10-7-9(10)13-15-17-18-16-13/h1,4-5,9-10,20H,2-3,6-7H2,(H,15,16,17,18)/t9-,10-/m1/s1. The highest BCUT2D eigenvalue weighted by molar-refractivity contribution is 5.98. The van der Waals surface area contributed by atoms with E-state index in [1.165, 1.54) is 0 Å². The Morgan fingerprint density at radius 2 is 2.33 bits per heavy atom. The first-order valence-corrected chi connectivity index (χ1v) is 7.11. The molecule has 1 aliphatic carbocycles. The predicted molar refractivity (Wildman–Crippen MR) is 73.8 cm³/mol. The molecule has 2 heterocycles. The number of phenolic OH excluding ortho intramolecular Hbond substituents is 1. The van der Waals surface area contributed by atoms with Crippen LogP contribution in [0.15, 0.2) is 18.2 Å². The van der Waals surface area contributed by atoms with Crippen molar-refractivity contribution in [1.29, 1.82) is 0 Å². The van der Waals surface area contributed by atoms with Crippen LogP contribution in [0.2, 0.25) is 0 Å². The zero-order chi connectivity index (χ0) is 14.4. The number of benzene rings is 1. The van der Waals surface area contributed by atoms with Gasteiger partial charge in [-0.3, -0.25) is 4.79 Å². The van der Waals surface area contributed by atoms with E-state index in [1.54, 1.807) is 17.0 Å². The Bertz CT molecular complexity index is 685. The lowest BCUT2D eigenvalue weighted by atomic mass is 10.00. The van der Waals surface area contributed by atoms with Crippen LogP contribution in [0.25, 0.3) is 0 Å². The summed E-state index contributed by atoms with van der Waals surface area (Å²) < 4.78 is 0. The number of hydrogen-bond acceptors (Lipinski definition) is 5. The summed E-state index contributed by atoms with van der Waals surface area (Å²) in [4.78, 5) is 14.5. The third-order valence-electron chi connectivity index (χ3n) is 4.29. The van der Waals surface area contributed by atoms with E-state index >= 15 is 0 Å². The van der Waals surface area contributed by atoms with E-state index in [2.05, 4.69) is 20.6 Å². The second-order valence-electron chi connectivity index (χ2n) is 5.59. The van der Waals surface area contributed by atoms with Crippen LogP contribution in [0.1, 0.15) is 30.1 Å². The number of aromatic amines is 1. The van der Waals surface area contributed by atoms with E-state index in [9.17, 15) is 9.90 Å². The summed E-state index contributed by atoms with van der Waals surface area (Å²) in [6.07, 6.45) is 2.45. The minimum Gasteiger partial charge on any atom is -0.508 e. The van der Waals surface area contributed by atoms with E-state index in [-0.39, 0.29) is 23.5 Å². The molecular weight excluding hydrogens is 270 g/mol. The van der Waals surface area contributed by atoms with Crippen molar-refractivity contribution in [3.63, 3.8) is 0 Å². The van der Waals surface area contributed by atoms with Gasteiger partial charge in [0, 0.05) is 23.9 Å². The highest BCUT2D eigenvalue weighted by Crippen LogP contribution is 2.48. The fourth-order valence-electron chi connectivity index (χ4n) is 3.12. The first-order valence-electron chi connectivity index (χ1n) is 7.11. The Kier molecular flexibility index (Phi) is 2.66. The fourth-order valence-corrected chi connectivity index (χ4v) is 3.12. The van der Waals surface area contributed by atoms with E-state index < -0.39 is 0 Å². The highest BCUT2D eigenvalue weighted by Gasteiger charge is 2.49. The molecule has 2 aromatic rings. The van der Waals surface area contributed by atoms with Crippen LogP contribution < -0.4 is 4.90 Å². The molecule has 7 heteroatoms. The minimum absolute atomic E-state index is 0.0685. The van der Waals surface area contributed by atoms with Gasteiger partial charge in [0.15, 0.2) is 5.82 Å². The zero-order valence-corrected chi connectivity index (χ0v) is 11.4. The summed E-state index contributed by atoms with van der Waals surface area (Å²) in [5.41, 5.74) is 1.71. The summed E-state index contributed by atoms with van der Waals surface area (Å²) in [6.45, 7) is 0.699. The van der Waals surface area contributed by atoms with Crippen molar-refractivity contribution in [3.8, 4) is 5.75 Å². The van der Waals surface area contributed by atoms with Gasteiger partial charge in [-0.2, -0.15) is 5.21 Å². The number of hydrogen-bond donors (Lipinski definition) is 2. The number of carbonyl (C=O) groups excluding carboxylic acids is 1. The Balaban J connectivity index is 1.59. The monoisotopic (exact) mass is 285 g/mol. The number of tetrazole rings is 1. The van der Waals surface area contributed by atoms with Gasteiger partial charge in [-0.1, -0.05) is 11.3 Å². The molecule has 1 amide bonds. The second-order valence-corrected chi connectivity index (χ2v) is 5.59. The second kappa shape index (κ2) is 4.54. The van der Waals surface area contributed by atoms with Gasteiger partial charge in [0.25, 0.3) is 0 Å². The molecule has 0 radical (unpaired) electrons. The topological polar surface area (TPSA) is 95.0 Å². The average Bonchev–Trinajstić information content (AvgIpc) is 3.12. The van der Waals surface area contributed by atoms with Crippen LogP contribution in [0, 0.1) is 5.92 Å². The maximum absolute atomic E-state index is 12.7. The molecule has 0 spiro atoms. The van der Waals surface area contributed by atoms with Crippen molar-refractivity contribution in [1.82, 2.24) is 20.6 Å². The number of H-pyrrole nitrogens is 1. The van der Waals surface area contributed by atoms with E-state index in [4.69, 9.17) is 0 Å². The molecule has 21 heavy (non-hydrogen) atoms. The molecule has 108 valence electrons. The molecule has 2 aliphatic rings. The zero-order valence-electron chi connectivity index (χ0n) is 11.4. The van der Waals surface area contributed by atoms with Crippen molar-refractivity contribution in [3.05, 3.63) is 29.6 Å². The molecule has 0 bridgehead atoms. The average molecular weight is 285 g/mol. The number of rotatable bonds is 2. The van der Waals surface area contributed by atoms with Crippen LogP contribution in [0.4, 0.5) is 5.69 Å². The van der Waals surface area contributed by atoms with Crippen molar-refractivity contribution in [2.24, 2.45) is 5.92 Å². The van der Waals surface area contributed by atoms with Crippen molar-refractivity contribution < 1.29 is 9.90 Å². The SMILES string of the molecule is O=C([C@@H]1C[C@H]1c1nn[nH]n1)N1CCCc2c(O)cccc21. The lowest BCUT2D eigenvalue weighted by molar-refractivity contribution is -0.120. The first kappa shape index (κ1) is 12.3. The summed E-state index contributed by atoms with van der Waals surface area (Å²) in [7, 11) is 0. The summed E-state index contributed by atoms with van der Waals surface area (Å²) in [5.74, 6) is 0.975. The number of aromatic nitrogens is 4. The van der Waals surface area contributed by atoms with Gasteiger partial charge in [-0.15, -0.1) is 10.2 Å². The third kappa shape index (κ3) is 1.96. The highest BCUT2D eigenvalue weighted by atomic mass is 16.3. The van der Waals surface area contributed by atoms with Crippen LogP contribution in [-0.2, 0) is 11.2 Å². The minimum atomic E-state index is -0.0732. The number of anilines is 1. The molecule has 2 N–H and O–H groups in total. The Hall–Kier alpha value is -2.44. The summed E-state index contributed by atoms with van der Waals surface area (Å²) in [6, 6.07) is 5.35. The van der Waals surface area contributed by atoms with E-state index in [0.29, 0.717) is 12.4 Å². The van der Waals surface area contributed by atoms with Gasteiger partial charge in [0.2, 0.25) is 5.91 Å². The van der Waals surface area contributed by atoms with Crippen molar-refractivity contribution in [2.45, 2.75) is 25.2 Å². The fraction of sp³-hybridized carbons (Fsp3) is 0.429. The van der Waals surface area contributed by atoms with Crippen LogP contribution in [0.3, 0.4) is 0 Å². The summed E-state index contributed by atoms with van der Waals surface area (Å²) in [5, 5.41) is 23.8.